The summed E-state index contributed by atoms with van der Waals surface area (Å²) >= 11 is 0. The predicted octanol–water partition coefficient (Wildman–Crippen LogP) is 5.06. The molecule has 1 N–H and O–H groups in total. The number of rotatable bonds is 8. The minimum absolute atomic E-state index is 0.0616. The second kappa shape index (κ2) is 10.1. The molecule has 4 rings (SSSR count). The summed E-state index contributed by atoms with van der Waals surface area (Å²) in [5.74, 6) is 1.08. The first kappa shape index (κ1) is 24.1. The highest BCUT2D eigenvalue weighted by Gasteiger charge is 2.35. The number of methoxy groups -OCH3 is 3. The zero-order valence-corrected chi connectivity index (χ0v) is 20.7. The van der Waals surface area contributed by atoms with E-state index in [0.717, 1.165) is 27.9 Å². The number of hydrogen-bond acceptors (Lipinski definition) is 5. The summed E-state index contributed by atoms with van der Waals surface area (Å²) in [6, 6.07) is 16.5. The number of amides is 2. The Labute approximate surface area is 205 Å². The molecule has 3 aromatic carbocycles. The van der Waals surface area contributed by atoms with Gasteiger partial charge in [0.1, 0.15) is 0 Å². The van der Waals surface area contributed by atoms with Gasteiger partial charge in [0.25, 0.3) is 5.91 Å². The van der Waals surface area contributed by atoms with Gasteiger partial charge >= 0.3 is 0 Å². The van der Waals surface area contributed by atoms with E-state index in [9.17, 15) is 9.59 Å². The van der Waals surface area contributed by atoms with Gasteiger partial charge < -0.3 is 24.4 Å². The van der Waals surface area contributed by atoms with Gasteiger partial charge in [-0.3, -0.25) is 9.59 Å². The molecule has 0 aliphatic carbocycles. The van der Waals surface area contributed by atoms with Crippen LogP contribution < -0.4 is 19.5 Å². The van der Waals surface area contributed by atoms with Gasteiger partial charge in [0, 0.05) is 17.8 Å². The highest BCUT2D eigenvalue weighted by atomic mass is 16.5. The maximum absolute atomic E-state index is 13.4. The summed E-state index contributed by atoms with van der Waals surface area (Å²) in [7, 11) is 4.62. The van der Waals surface area contributed by atoms with E-state index in [0.29, 0.717) is 29.4 Å². The summed E-state index contributed by atoms with van der Waals surface area (Å²) in [4.78, 5) is 28.5. The minimum Gasteiger partial charge on any atom is -0.493 e. The normalized spacial score (nSPS) is 13.3. The van der Waals surface area contributed by atoms with Gasteiger partial charge in [-0.15, -0.1) is 0 Å². The van der Waals surface area contributed by atoms with E-state index < -0.39 is 6.04 Å². The van der Waals surface area contributed by atoms with E-state index in [2.05, 4.69) is 5.32 Å². The lowest BCUT2D eigenvalue weighted by Gasteiger charge is -2.29. The number of carbonyl (C=O) groups excluding carboxylic acids is 2. The summed E-state index contributed by atoms with van der Waals surface area (Å²) < 4.78 is 16.6. The van der Waals surface area contributed by atoms with Crippen LogP contribution in [0.1, 0.15) is 45.1 Å². The Morgan fingerprint density at radius 2 is 1.57 bits per heavy atom. The fourth-order valence-electron chi connectivity index (χ4n) is 4.61. The van der Waals surface area contributed by atoms with Crippen molar-refractivity contribution in [1.82, 2.24) is 4.90 Å². The van der Waals surface area contributed by atoms with Crippen molar-refractivity contribution >= 4 is 17.5 Å². The van der Waals surface area contributed by atoms with Crippen molar-refractivity contribution in [2.24, 2.45) is 0 Å². The molecule has 0 fully saturated rings. The van der Waals surface area contributed by atoms with Crippen molar-refractivity contribution in [2.45, 2.75) is 32.9 Å². The first-order valence-electron chi connectivity index (χ1n) is 11.4. The smallest absolute Gasteiger partial charge is 0.255 e. The number of benzene rings is 3. The summed E-state index contributed by atoms with van der Waals surface area (Å²) in [5, 5.41) is 3.05. The lowest BCUT2D eigenvalue weighted by atomic mass is 9.99. The van der Waals surface area contributed by atoms with Gasteiger partial charge in [0.2, 0.25) is 11.7 Å². The fourth-order valence-corrected chi connectivity index (χ4v) is 4.61. The summed E-state index contributed by atoms with van der Waals surface area (Å²) in [6.07, 6.45) is 0.0616. The first-order chi connectivity index (χ1) is 16.9. The Bertz CT molecular complexity index is 1220. The van der Waals surface area contributed by atoms with Gasteiger partial charge in [0.05, 0.1) is 33.8 Å². The SMILES string of the molecule is COc1cc([C@@H](CC(=O)Nc2c(C)cccc2C)N2Cc3ccccc3C2=O)cc(OC)c1OC. The molecule has 0 aromatic heterocycles. The number of para-hydroxylation sites is 1. The number of aryl methyl sites for hydroxylation is 2. The lowest BCUT2D eigenvalue weighted by molar-refractivity contribution is -0.117. The monoisotopic (exact) mass is 474 g/mol. The molecule has 0 unspecified atom stereocenters. The molecule has 0 bridgehead atoms. The average molecular weight is 475 g/mol. The van der Waals surface area contributed by atoms with Crippen molar-refractivity contribution < 1.29 is 23.8 Å². The Kier molecular flexibility index (Phi) is 6.96. The van der Waals surface area contributed by atoms with E-state index in [1.165, 1.54) is 7.11 Å². The fraction of sp³-hybridized carbons (Fsp3) is 0.286. The minimum atomic E-state index is -0.548. The van der Waals surface area contributed by atoms with Gasteiger partial charge in [-0.1, -0.05) is 36.4 Å². The number of carbonyl (C=O) groups is 2. The molecule has 1 atom stereocenters. The van der Waals surface area contributed by atoms with Crippen LogP contribution in [0.2, 0.25) is 0 Å². The largest absolute Gasteiger partial charge is 0.493 e. The third-order valence-electron chi connectivity index (χ3n) is 6.42. The Morgan fingerprint density at radius 1 is 0.943 bits per heavy atom. The molecule has 0 radical (unpaired) electrons. The van der Waals surface area contributed by atoms with Crippen LogP contribution >= 0.6 is 0 Å². The van der Waals surface area contributed by atoms with Gasteiger partial charge in [-0.05, 0) is 54.3 Å². The first-order valence-corrected chi connectivity index (χ1v) is 11.4. The molecule has 7 heteroatoms. The number of ether oxygens (including phenoxy) is 3. The molecule has 0 spiro atoms. The molecule has 0 saturated heterocycles. The molecule has 1 aliphatic heterocycles. The molecule has 182 valence electrons. The molecule has 1 heterocycles. The zero-order valence-electron chi connectivity index (χ0n) is 20.7. The van der Waals surface area contributed by atoms with Gasteiger partial charge in [-0.2, -0.15) is 0 Å². The highest BCUT2D eigenvalue weighted by molar-refractivity contribution is 5.99. The summed E-state index contributed by atoms with van der Waals surface area (Å²) in [6.45, 7) is 4.33. The standard InChI is InChI=1S/C28H30N2O5/c1-17-9-8-10-18(2)26(17)29-25(31)15-22(30-16-19-11-6-7-12-21(19)28(30)32)20-13-23(33-3)27(35-5)24(14-20)34-4/h6-14,22H,15-16H2,1-5H3,(H,29,31)/t22-/m1/s1. The van der Waals surface area contributed by atoms with Crippen LogP contribution in [0.4, 0.5) is 5.69 Å². The second-order valence-electron chi connectivity index (χ2n) is 8.58. The Morgan fingerprint density at radius 3 is 2.14 bits per heavy atom. The molecular formula is C28H30N2O5. The molecule has 35 heavy (non-hydrogen) atoms. The maximum atomic E-state index is 13.4. The molecule has 0 saturated carbocycles. The van der Waals surface area contributed by atoms with Crippen molar-refractivity contribution in [3.8, 4) is 17.2 Å². The van der Waals surface area contributed by atoms with E-state index in [4.69, 9.17) is 14.2 Å². The molecular weight excluding hydrogens is 444 g/mol. The van der Waals surface area contributed by atoms with Crippen LogP contribution in [0.25, 0.3) is 0 Å². The van der Waals surface area contributed by atoms with Crippen molar-refractivity contribution in [3.63, 3.8) is 0 Å². The van der Waals surface area contributed by atoms with E-state index >= 15 is 0 Å². The maximum Gasteiger partial charge on any atom is 0.255 e. The van der Waals surface area contributed by atoms with Crippen LogP contribution in [0.5, 0.6) is 17.2 Å². The van der Waals surface area contributed by atoms with Crippen LogP contribution in [0, 0.1) is 13.8 Å². The Hall–Kier alpha value is -4.00. The average Bonchev–Trinajstić information content (AvgIpc) is 3.20. The molecule has 2 amide bonds. The lowest BCUT2D eigenvalue weighted by Crippen LogP contribution is -2.32. The number of nitrogens with one attached hydrogen (secondary N) is 1. The Balaban J connectivity index is 1.74. The highest BCUT2D eigenvalue weighted by Crippen LogP contribution is 2.43. The molecule has 3 aromatic rings. The summed E-state index contributed by atoms with van der Waals surface area (Å²) in [5.41, 5.74) is 5.05. The van der Waals surface area contributed by atoms with Crippen LogP contribution in [-0.2, 0) is 11.3 Å². The van der Waals surface area contributed by atoms with Crippen LogP contribution in [-0.4, -0.2) is 38.0 Å². The van der Waals surface area contributed by atoms with Crippen LogP contribution in [0.15, 0.2) is 54.6 Å². The topological polar surface area (TPSA) is 77.1 Å². The van der Waals surface area contributed by atoms with Gasteiger partial charge in [0.15, 0.2) is 11.5 Å². The third kappa shape index (κ3) is 4.67. The van der Waals surface area contributed by atoms with E-state index in [1.807, 2.05) is 56.3 Å². The number of fused-ring (bicyclic) bond motifs is 1. The van der Waals surface area contributed by atoms with Crippen molar-refractivity contribution in [1.29, 1.82) is 0 Å². The van der Waals surface area contributed by atoms with Gasteiger partial charge in [-0.25, -0.2) is 0 Å². The van der Waals surface area contributed by atoms with Crippen molar-refractivity contribution in [3.05, 3.63) is 82.4 Å². The van der Waals surface area contributed by atoms with Crippen molar-refractivity contribution in [2.75, 3.05) is 26.6 Å². The molecule has 7 nitrogen and oxygen atoms in total. The molecule has 1 aliphatic rings. The predicted molar refractivity (Wildman–Crippen MR) is 134 cm³/mol. The second-order valence-corrected chi connectivity index (χ2v) is 8.58. The van der Waals surface area contributed by atoms with E-state index in [1.54, 1.807) is 31.3 Å². The van der Waals surface area contributed by atoms with E-state index in [-0.39, 0.29) is 18.2 Å². The number of anilines is 1. The quantitative estimate of drug-likeness (QED) is 0.494. The zero-order chi connectivity index (χ0) is 25.1. The number of nitrogens with zero attached hydrogens (tertiary/aromatic N) is 1. The van der Waals surface area contributed by atoms with Crippen LogP contribution in [0.3, 0.4) is 0 Å². The third-order valence-corrected chi connectivity index (χ3v) is 6.42. The number of hydrogen-bond donors (Lipinski definition) is 1.